The van der Waals surface area contributed by atoms with Crippen LogP contribution in [0.25, 0.3) is 6.08 Å². The van der Waals surface area contributed by atoms with Gasteiger partial charge in [0.05, 0.1) is 4.91 Å². The van der Waals surface area contributed by atoms with Crippen molar-refractivity contribution in [1.82, 2.24) is 10.4 Å². The maximum absolute atomic E-state index is 12.4. The largest absolute Gasteiger partial charge is 0.285 e. The zero-order chi connectivity index (χ0) is 17.4. The van der Waals surface area contributed by atoms with E-state index >= 15 is 0 Å². The van der Waals surface area contributed by atoms with Crippen LogP contribution in [-0.2, 0) is 9.59 Å². The van der Waals surface area contributed by atoms with E-state index < -0.39 is 0 Å². The summed E-state index contributed by atoms with van der Waals surface area (Å²) in [4.78, 5) is 24.9. The first kappa shape index (κ1) is 18.7. The number of hydrazine groups is 1. The molecule has 24 heavy (non-hydrogen) atoms. The fraction of sp³-hybridized carbons (Fsp3) is 0.389. The number of amides is 2. The number of unbranched alkanes of at least 4 members (excludes halogenated alkanes) is 4. The summed E-state index contributed by atoms with van der Waals surface area (Å²) in [6, 6.07) is 9.58. The third-order valence-corrected chi connectivity index (χ3v) is 4.94. The van der Waals surface area contributed by atoms with Crippen molar-refractivity contribution in [2.24, 2.45) is 0 Å². The summed E-state index contributed by atoms with van der Waals surface area (Å²) in [5, 5.41) is 1.18. The van der Waals surface area contributed by atoms with Crippen molar-refractivity contribution in [3.8, 4) is 0 Å². The SMILES string of the molecule is CCCCCCCC(=O)NN1C(=O)C(=Cc2ccccc2)SC1=S. The predicted molar refractivity (Wildman–Crippen MR) is 103 cm³/mol. The standard InChI is InChI=1S/C18H22N2O2S2/c1-2-3-4-5-9-12-16(21)19-20-17(22)15(24-18(20)23)13-14-10-7-6-8-11-14/h6-8,10-11,13H,2-5,9,12H2,1H3,(H,19,21). The molecule has 0 spiro atoms. The lowest BCUT2D eigenvalue weighted by atomic mass is 10.1. The van der Waals surface area contributed by atoms with Crippen LogP contribution in [0.15, 0.2) is 35.2 Å². The molecule has 1 aliphatic heterocycles. The van der Waals surface area contributed by atoms with E-state index in [0.29, 0.717) is 15.6 Å². The van der Waals surface area contributed by atoms with Crippen molar-refractivity contribution >= 4 is 46.2 Å². The van der Waals surface area contributed by atoms with Gasteiger partial charge in [-0.25, -0.2) is 0 Å². The van der Waals surface area contributed by atoms with Crippen molar-refractivity contribution in [2.75, 3.05) is 0 Å². The number of nitrogens with one attached hydrogen (secondary N) is 1. The van der Waals surface area contributed by atoms with E-state index in [1.54, 1.807) is 6.08 Å². The minimum atomic E-state index is -0.270. The minimum Gasteiger partial charge on any atom is -0.273 e. The van der Waals surface area contributed by atoms with Crippen LogP contribution in [0.1, 0.15) is 51.0 Å². The van der Waals surface area contributed by atoms with Crippen LogP contribution in [0.3, 0.4) is 0 Å². The summed E-state index contributed by atoms with van der Waals surface area (Å²) in [7, 11) is 0. The van der Waals surface area contributed by atoms with Gasteiger partial charge in [-0.15, -0.1) is 0 Å². The predicted octanol–water partition coefficient (Wildman–Crippen LogP) is 4.28. The molecule has 1 heterocycles. The number of hydrogen-bond donors (Lipinski definition) is 1. The van der Waals surface area contributed by atoms with Crippen LogP contribution in [0, 0.1) is 0 Å². The molecule has 4 nitrogen and oxygen atoms in total. The normalized spacial score (nSPS) is 16.0. The van der Waals surface area contributed by atoms with E-state index in [2.05, 4.69) is 12.3 Å². The van der Waals surface area contributed by atoms with Crippen molar-refractivity contribution in [3.63, 3.8) is 0 Å². The summed E-state index contributed by atoms with van der Waals surface area (Å²) >= 11 is 6.42. The second-order valence-electron chi connectivity index (χ2n) is 5.63. The van der Waals surface area contributed by atoms with Gasteiger partial charge in [-0.1, -0.05) is 74.7 Å². The number of thioether (sulfide) groups is 1. The highest BCUT2D eigenvalue weighted by atomic mass is 32.2. The van der Waals surface area contributed by atoms with Gasteiger partial charge in [0.25, 0.3) is 5.91 Å². The van der Waals surface area contributed by atoms with Crippen LogP contribution in [0.5, 0.6) is 0 Å². The lowest BCUT2D eigenvalue weighted by Gasteiger charge is -2.15. The molecular formula is C18H22N2O2S2. The summed E-state index contributed by atoms with van der Waals surface area (Å²) < 4.78 is 0.363. The van der Waals surface area contributed by atoms with E-state index in [-0.39, 0.29) is 11.8 Å². The highest BCUT2D eigenvalue weighted by Gasteiger charge is 2.33. The van der Waals surface area contributed by atoms with Gasteiger partial charge in [-0.3, -0.25) is 15.0 Å². The lowest BCUT2D eigenvalue weighted by Crippen LogP contribution is -2.44. The quantitative estimate of drug-likeness (QED) is 0.426. The Balaban J connectivity index is 1.87. The molecule has 0 radical (unpaired) electrons. The topological polar surface area (TPSA) is 49.4 Å². The lowest BCUT2D eigenvalue weighted by molar-refractivity contribution is -0.133. The third kappa shape index (κ3) is 5.46. The molecule has 0 atom stereocenters. The molecular weight excluding hydrogens is 340 g/mol. The molecule has 0 aromatic heterocycles. The van der Waals surface area contributed by atoms with Gasteiger partial charge in [-0.2, -0.15) is 5.01 Å². The molecule has 0 aliphatic carbocycles. The van der Waals surface area contributed by atoms with Gasteiger partial charge in [0.15, 0.2) is 4.32 Å². The molecule has 1 fully saturated rings. The summed E-state index contributed by atoms with van der Waals surface area (Å²) in [6.45, 7) is 2.16. The van der Waals surface area contributed by atoms with Crippen molar-refractivity contribution in [2.45, 2.75) is 45.4 Å². The van der Waals surface area contributed by atoms with Crippen LogP contribution in [-0.4, -0.2) is 21.1 Å². The second-order valence-corrected chi connectivity index (χ2v) is 7.30. The van der Waals surface area contributed by atoms with E-state index in [1.807, 2.05) is 30.3 Å². The first-order valence-corrected chi connectivity index (χ1v) is 9.46. The Morgan fingerprint density at radius 3 is 2.62 bits per heavy atom. The molecule has 1 N–H and O–H groups in total. The molecule has 1 aliphatic rings. The Bertz CT molecular complexity index is 629. The number of nitrogens with zero attached hydrogens (tertiary/aromatic N) is 1. The van der Waals surface area contributed by atoms with E-state index in [9.17, 15) is 9.59 Å². The zero-order valence-corrected chi connectivity index (χ0v) is 15.4. The summed E-state index contributed by atoms with van der Waals surface area (Å²) in [5.74, 6) is -0.433. The van der Waals surface area contributed by atoms with Gasteiger partial charge in [0, 0.05) is 6.42 Å². The maximum atomic E-state index is 12.4. The number of hydrogen-bond acceptors (Lipinski definition) is 4. The molecule has 2 amide bonds. The Morgan fingerprint density at radius 1 is 1.21 bits per heavy atom. The Hall–Kier alpha value is -1.66. The first-order chi connectivity index (χ1) is 11.6. The highest BCUT2D eigenvalue weighted by Crippen LogP contribution is 2.31. The van der Waals surface area contributed by atoms with Gasteiger partial charge in [0.2, 0.25) is 5.91 Å². The van der Waals surface area contributed by atoms with E-state index in [0.717, 1.165) is 24.8 Å². The Labute approximate surface area is 152 Å². The monoisotopic (exact) mass is 362 g/mol. The van der Waals surface area contributed by atoms with Gasteiger partial charge < -0.3 is 0 Å². The Kier molecular flexibility index (Phi) is 7.46. The molecule has 128 valence electrons. The number of thiocarbonyl (C=S) groups is 1. The van der Waals surface area contributed by atoms with Gasteiger partial charge in [-0.05, 0) is 30.3 Å². The molecule has 1 aromatic rings. The maximum Gasteiger partial charge on any atom is 0.285 e. The molecule has 2 rings (SSSR count). The molecule has 1 saturated heterocycles. The summed E-state index contributed by atoms with van der Waals surface area (Å²) in [6.07, 6.45) is 7.59. The zero-order valence-electron chi connectivity index (χ0n) is 13.8. The average molecular weight is 363 g/mol. The molecule has 0 saturated carbocycles. The van der Waals surface area contributed by atoms with Crippen LogP contribution < -0.4 is 5.43 Å². The first-order valence-electron chi connectivity index (χ1n) is 8.24. The minimum absolute atomic E-state index is 0.163. The van der Waals surface area contributed by atoms with Crippen molar-refractivity contribution in [3.05, 3.63) is 40.8 Å². The second kappa shape index (κ2) is 9.59. The molecule has 0 unspecified atom stereocenters. The smallest absolute Gasteiger partial charge is 0.273 e. The van der Waals surface area contributed by atoms with E-state index in [4.69, 9.17) is 12.2 Å². The van der Waals surface area contributed by atoms with Crippen molar-refractivity contribution < 1.29 is 9.59 Å². The number of rotatable bonds is 8. The van der Waals surface area contributed by atoms with Crippen molar-refractivity contribution in [1.29, 1.82) is 0 Å². The van der Waals surface area contributed by atoms with E-state index in [1.165, 1.54) is 29.6 Å². The van der Waals surface area contributed by atoms with Crippen LogP contribution in [0.2, 0.25) is 0 Å². The fourth-order valence-electron chi connectivity index (χ4n) is 2.33. The summed E-state index contributed by atoms with van der Waals surface area (Å²) in [5.41, 5.74) is 3.56. The van der Waals surface area contributed by atoms with Gasteiger partial charge in [0.1, 0.15) is 0 Å². The van der Waals surface area contributed by atoms with Crippen LogP contribution in [0.4, 0.5) is 0 Å². The van der Waals surface area contributed by atoms with Gasteiger partial charge >= 0.3 is 0 Å². The molecule has 0 bridgehead atoms. The highest BCUT2D eigenvalue weighted by molar-refractivity contribution is 8.26. The number of carbonyl (C=O) groups excluding carboxylic acids is 2. The number of benzene rings is 1. The molecule has 1 aromatic carbocycles. The molecule has 6 heteroatoms. The number of carbonyl (C=O) groups is 2. The Morgan fingerprint density at radius 2 is 1.92 bits per heavy atom. The average Bonchev–Trinajstić information content (AvgIpc) is 2.83. The fourth-order valence-corrected chi connectivity index (χ4v) is 3.51. The van der Waals surface area contributed by atoms with Crippen LogP contribution >= 0.6 is 24.0 Å². The third-order valence-electron chi connectivity index (χ3n) is 3.63.